The quantitative estimate of drug-likeness (QED) is 0.398. The van der Waals surface area contributed by atoms with Gasteiger partial charge in [0, 0.05) is 13.0 Å². The van der Waals surface area contributed by atoms with E-state index in [1.165, 1.54) is 44.9 Å². The van der Waals surface area contributed by atoms with Gasteiger partial charge in [-0.15, -0.1) is 0 Å². The normalized spacial score (nSPS) is 42.5. The van der Waals surface area contributed by atoms with Gasteiger partial charge in [0.05, 0.1) is 22.0 Å². The molecule has 4 saturated carbocycles. The van der Waals surface area contributed by atoms with E-state index in [9.17, 15) is 22.9 Å². The minimum absolute atomic E-state index is 0. The summed E-state index contributed by atoms with van der Waals surface area (Å²) in [5, 5.41) is 12.8. The molecule has 0 spiro atoms. The van der Waals surface area contributed by atoms with Crippen LogP contribution in [0.2, 0.25) is 0 Å². The third-order valence-electron chi connectivity index (χ3n) is 10.9. The number of amides is 1. The second-order valence-corrected chi connectivity index (χ2v) is 14.0. The van der Waals surface area contributed by atoms with Crippen molar-refractivity contribution < 1.29 is 52.4 Å². The maximum Gasteiger partial charge on any atom is 1.00 e. The van der Waals surface area contributed by atoms with E-state index in [0.29, 0.717) is 35.0 Å². The van der Waals surface area contributed by atoms with E-state index in [1.807, 2.05) is 0 Å². The Morgan fingerprint density at radius 2 is 1.74 bits per heavy atom. The fourth-order valence-electron chi connectivity index (χ4n) is 9.17. The molecule has 4 rings (SSSR count). The van der Waals surface area contributed by atoms with Crippen molar-refractivity contribution in [1.29, 1.82) is 0 Å². The zero-order valence-corrected chi connectivity index (χ0v) is 24.5. The van der Waals surface area contributed by atoms with Gasteiger partial charge in [-0.3, -0.25) is 4.79 Å². The first kappa shape index (κ1) is 28.9. The maximum absolute atomic E-state index is 12.2. The van der Waals surface area contributed by atoms with Crippen molar-refractivity contribution in [2.45, 2.75) is 97.5 Å². The summed E-state index contributed by atoms with van der Waals surface area (Å²) in [4.78, 5) is 12.2. The topological polar surface area (TPSA) is 107 Å². The number of rotatable bonds is 7. The van der Waals surface area contributed by atoms with E-state index in [4.69, 9.17) is 0 Å². The molecule has 34 heavy (non-hydrogen) atoms. The number of fused-ring (bicyclic) bond motifs is 5. The maximum atomic E-state index is 12.2. The average Bonchev–Trinajstić information content (AvgIpc) is 3.09. The van der Waals surface area contributed by atoms with Crippen LogP contribution in [-0.2, 0) is 14.9 Å². The smallest absolute Gasteiger partial charge is 0.748 e. The van der Waals surface area contributed by atoms with Gasteiger partial charge in [0.1, 0.15) is 0 Å². The molecule has 0 aliphatic heterocycles. The molecule has 4 fully saturated rings. The molecule has 0 heterocycles. The van der Waals surface area contributed by atoms with Gasteiger partial charge in [-0.2, -0.15) is 0 Å². The van der Waals surface area contributed by atoms with Crippen molar-refractivity contribution in [3.05, 3.63) is 0 Å². The molecule has 0 aromatic carbocycles. The summed E-state index contributed by atoms with van der Waals surface area (Å²) in [5.41, 5.74) is 0.758. The zero-order valence-electron chi connectivity index (χ0n) is 21.7. The van der Waals surface area contributed by atoms with Crippen LogP contribution in [0.25, 0.3) is 0 Å². The molecule has 2 N–H and O–H groups in total. The van der Waals surface area contributed by atoms with Crippen molar-refractivity contribution in [3.63, 3.8) is 0 Å². The van der Waals surface area contributed by atoms with Gasteiger partial charge in [-0.05, 0) is 111 Å². The first-order chi connectivity index (χ1) is 15.4. The molecule has 4 aliphatic carbocycles. The molecule has 0 radical (unpaired) electrons. The molecule has 9 atom stereocenters. The predicted octanol–water partition coefficient (Wildman–Crippen LogP) is 1.09. The van der Waals surface area contributed by atoms with Crippen LogP contribution in [0.15, 0.2) is 0 Å². The van der Waals surface area contributed by atoms with Crippen molar-refractivity contribution in [2.24, 2.45) is 46.3 Å². The summed E-state index contributed by atoms with van der Waals surface area (Å²) < 4.78 is 32.1. The molecule has 0 unspecified atom stereocenters. The van der Waals surface area contributed by atoms with Crippen LogP contribution in [0.3, 0.4) is 0 Å². The van der Waals surface area contributed by atoms with E-state index < -0.39 is 15.9 Å². The van der Waals surface area contributed by atoms with Crippen LogP contribution < -0.4 is 34.9 Å². The Balaban J connectivity index is 0.00000324. The average molecular weight is 506 g/mol. The van der Waals surface area contributed by atoms with Gasteiger partial charge in [0.25, 0.3) is 0 Å². The first-order valence-corrected chi connectivity index (χ1v) is 14.9. The summed E-state index contributed by atoms with van der Waals surface area (Å²) >= 11 is 0. The predicted molar refractivity (Wildman–Crippen MR) is 127 cm³/mol. The van der Waals surface area contributed by atoms with Crippen molar-refractivity contribution >= 4 is 16.0 Å². The van der Waals surface area contributed by atoms with E-state index in [-0.39, 0.29) is 48.1 Å². The van der Waals surface area contributed by atoms with Crippen LogP contribution in [-0.4, -0.2) is 42.4 Å². The number of nitrogens with one attached hydrogen (secondary N) is 1. The number of aliphatic hydroxyl groups excluding tert-OH is 1. The van der Waals surface area contributed by atoms with Gasteiger partial charge in [0.15, 0.2) is 0 Å². The number of aliphatic hydroxyl groups is 1. The van der Waals surface area contributed by atoms with Crippen molar-refractivity contribution in [2.75, 3.05) is 12.3 Å². The Bertz CT molecular complexity index is 837. The Labute approximate surface area is 228 Å². The van der Waals surface area contributed by atoms with Gasteiger partial charge in [-0.25, -0.2) is 8.42 Å². The Morgan fingerprint density at radius 1 is 1.06 bits per heavy atom. The molecule has 0 aromatic heterocycles. The third kappa shape index (κ3) is 5.75. The summed E-state index contributed by atoms with van der Waals surface area (Å²) in [6.07, 6.45) is 12.0. The van der Waals surface area contributed by atoms with Crippen LogP contribution in [0, 0.1) is 46.3 Å². The molecule has 1 amide bonds. The minimum Gasteiger partial charge on any atom is -0.748 e. The summed E-state index contributed by atoms with van der Waals surface area (Å²) in [5.74, 6) is 3.49. The second-order valence-electron chi connectivity index (χ2n) is 12.4. The van der Waals surface area contributed by atoms with Gasteiger partial charge in [-0.1, -0.05) is 20.8 Å². The number of carbonyl (C=O) groups is 1. The summed E-state index contributed by atoms with van der Waals surface area (Å²) in [6, 6.07) is 0. The number of hydrogen-bond acceptors (Lipinski definition) is 5. The fourth-order valence-corrected chi connectivity index (χ4v) is 9.53. The van der Waals surface area contributed by atoms with Crippen molar-refractivity contribution in [3.8, 4) is 0 Å². The molecule has 0 saturated heterocycles. The van der Waals surface area contributed by atoms with E-state index in [0.717, 1.165) is 37.0 Å². The van der Waals surface area contributed by atoms with Gasteiger partial charge in [0.2, 0.25) is 5.91 Å². The SMILES string of the molecule is C[C@H](CCC(=O)NCCS(=O)(=O)[O-])[C@H]1CC[C@H]2[C@@H]3CC[C@@H]4C[C@@H](O)CC[C@]4(C)[C@H]3CC[C@]12C.[Na+]. The molecular weight excluding hydrogens is 461 g/mol. The van der Waals surface area contributed by atoms with Crippen LogP contribution >= 0.6 is 0 Å². The van der Waals surface area contributed by atoms with E-state index >= 15 is 0 Å². The number of hydrogen-bond donors (Lipinski definition) is 2. The van der Waals surface area contributed by atoms with E-state index in [1.54, 1.807) is 0 Å². The third-order valence-corrected chi connectivity index (χ3v) is 11.6. The first-order valence-electron chi connectivity index (χ1n) is 13.3. The van der Waals surface area contributed by atoms with Crippen LogP contribution in [0.5, 0.6) is 0 Å². The summed E-state index contributed by atoms with van der Waals surface area (Å²) in [6.45, 7) is 7.26. The van der Waals surface area contributed by atoms with Crippen molar-refractivity contribution in [1.82, 2.24) is 5.32 Å². The Kier molecular flexibility index (Phi) is 9.34. The molecule has 190 valence electrons. The largest absolute Gasteiger partial charge is 1.00 e. The van der Waals surface area contributed by atoms with Gasteiger partial charge < -0.3 is 15.0 Å². The van der Waals surface area contributed by atoms with Crippen LogP contribution in [0.1, 0.15) is 91.4 Å². The molecular formula is C26H44NNaO5S. The molecule has 0 aromatic rings. The fraction of sp³-hybridized carbons (Fsp3) is 0.962. The summed E-state index contributed by atoms with van der Waals surface area (Å²) in [7, 11) is -4.29. The zero-order chi connectivity index (χ0) is 24.0. The van der Waals surface area contributed by atoms with E-state index in [2.05, 4.69) is 26.1 Å². The van der Waals surface area contributed by atoms with Gasteiger partial charge >= 0.3 is 29.6 Å². The Morgan fingerprint density at radius 3 is 2.44 bits per heavy atom. The number of carbonyl (C=O) groups excluding carboxylic acids is 1. The molecule has 0 bridgehead atoms. The van der Waals surface area contributed by atoms with Crippen LogP contribution in [0.4, 0.5) is 0 Å². The molecule has 6 nitrogen and oxygen atoms in total. The standard InChI is InChI=1S/C26H45NO5S.Na/c1-17(4-9-24(29)27-14-15-33(30,31)32)21-7-8-22-20-6-5-18-16-19(28)10-12-25(18,2)23(20)11-13-26(21,22)3;/h17-23,28H,4-16H2,1-3H3,(H,27,29)(H,30,31,32);/q;+1/p-1/t17-,18-,19+,20+,21-,22+,23+,25+,26-;/m1./s1. The molecule has 8 heteroatoms. The second kappa shape index (κ2) is 11.0. The monoisotopic (exact) mass is 505 g/mol. The Hall–Kier alpha value is 0.340. The molecule has 4 aliphatic rings. The minimum atomic E-state index is -4.29.